The van der Waals surface area contributed by atoms with Crippen LogP contribution in [0.5, 0.6) is 5.75 Å². The van der Waals surface area contributed by atoms with E-state index in [-0.39, 0.29) is 23.7 Å². The number of hydrazine groups is 1. The van der Waals surface area contributed by atoms with E-state index in [0.29, 0.717) is 6.29 Å². The molecular formula is C15H22FN3O4. The van der Waals surface area contributed by atoms with E-state index in [1.165, 1.54) is 19.2 Å². The molecule has 0 aliphatic heterocycles. The molecule has 0 aliphatic rings. The highest BCUT2D eigenvalue weighted by Gasteiger charge is 2.24. The van der Waals surface area contributed by atoms with Gasteiger partial charge in [-0.1, -0.05) is 13.8 Å². The molecule has 0 saturated carbocycles. The molecule has 0 unspecified atom stereocenters. The lowest BCUT2D eigenvalue weighted by molar-refractivity contribution is -0.105. The standard InChI is InChI=1S/C13H16FN3O4.C2H6/c1-3-21-13(19)11-9(17(16)6-8(15)7-18)4-5-10(20-2)12(11)14;1-2/h4-7H,3,15-16H2,1-2H3;1-2H3/b8-6-;. The Bertz CT molecular complexity index is 576. The number of carbonyl (C=O) groups is 2. The molecular weight excluding hydrogens is 305 g/mol. The molecule has 1 rings (SSSR count). The van der Waals surface area contributed by atoms with Crippen LogP contribution in [-0.4, -0.2) is 26.0 Å². The highest BCUT2D eigenvalue weighted by Crippen LogP contribution is 2.29. The lowest BCUT2D eigenvalue weighted by atomic mass is 10.1. The van der Waals surface area contributed by atoms with Gasteiger partial charge in [-0.25, -0.2) is 15.0 Å². The Hall–Kier alpha value is -2.61. The maximum Gasteiger partial charge on any atom is 0.343 e. The van der Waals surface area contributed by atoms with Gasteiger partial charge in [0.15, 0.2) is 17.9 Å². The van der Waals surface area contributed by atoms with Gasteiger partial charge >= 0.3 is 5.97 Å². The summed E-state index contributed by atoms with van der Waals surface area (Å²) in [6.45, 7) is 5.64. The van der Waals surface area contributed by atoms with Crippen LogP contribution in [-0.2, 0) is 9.53 Å². The summed E-state index contributed by atoms with van der Waals surface area (Å²) in [4.78, 5) is 22.4. The Balaban J connectivity index is 0.00000232. The number of ether oxygens (including phenoxy) is 2. The van der Waals surface area contributed by atoms with Gasteiger partial charge < -0.3 is 15.2 Å². The summed E-state index contributed by atoms with van der Waals surface area (Å²) in [5.41, 5.74) is 4.71. The maximum absolute atomic E-state index is 14.3. The number of allylic oxidation sites excluding steroid dienone is 1. The van der Waals surface area contributed by atoms with Crippen molar-refractivity contribution in [2.24, 2.45) is 11.6 Å². The SMILES string of the molecule is CC.CCOC(=O)c1c(N(N)/C=C(\N)C=O)ccc(OC)c1F. The molecule has 23 heavy (non-hydrogen) atoms. The van der Waals surface area contributed by atoms with E-state index in [0.717, 1.165) is 11.2 Å². The Morgan fingerprint density at radius 1 is 1.39 bits per heavy atom. The summed E-state index contributed by atoms with van der Waals surface area (Å²) in [6.07, 6.45) is 1.42. The van der Waals surface area contributed by atoms with Gasteiger partial charge in [-0.2, -0.15) is 0 Å². The summed E-state index contributed by atoms with van der Waals surface area (Å²) in [6, 6.07) is 2.64. The minimum atomic E-state index is -0.915. The summed E-state index contributed by atoms with van der Waals surface area (Å²) >= 11 is 0. The average molecular weight is 327 g/mol. The first kappa shape index (κ1) is 20.4. The molecule has 0 saturated heterocycles. The number of hydrogen-bond acceptors (Lipinski definition) is 7. The third-order valence-corrected chi connectivity index (χ3v) is 2.49. The van der Waals surface area contributed by atoms with Crippen LogP contribution in [0, 0.1) is 5.82 Å². The van der Waals surface area contributed by atoms with Gasteiger partial charge in [-0.3, -0.25) is 9.80 Å². The minimum Gasteiger partial charge on any atom is -0.494 e. The molecule has 0 radical (unpaired) electrons. The number of nitrogens with zero attached hydrogens (tertiary/aromatic N) is 1. The van der Waals surface area contributed by atoms with Crippen LogP contribution in [0.1, 0.15) is 31.1 Å². The molecule has 4 N–H and O–H groups in total. The molecule has 0 amide bonds. The zero-order chi connectivity index (χ0) is 18.0. The molecule has 0 aromatic heterocycles. The van der Waals surface area contributed by atoms with Gasteiger partial charge in [-0.15, -0.1) is 0 Å². The Kier molecular flexibility index (Phi) is 9.02. The Morgan fingerprint density at radius 2 is 2.00 bits per heavy atom. The largest absolute Gasteiger partial charge is 0.494 e. The number of nitrogens with two attached hydrogens (primary N) is 2. The van der Waals surface area contributed by atoms with Gasteiger partial charge in [-0.05, 0) is 19.1 Å². The first-order chi connectivity index (χ1) is 11.0. The quantitative estimate of drug-likeness (QED) is 0.269. The van der Waals surface area contributed by atoms with E-state index >= 15 is 0 Å². The Labute approximate surface area is 134 Å². The van der Waals surface area contributed by atoms with E-state index in [1.54, 1.807) is 6.92 Å². The van der Waals surface area contributed by atoms with E-state index < -0.39 is 17.3 Å². The fraction of sp³-hybridized carbons (Fsp3) is 0.333. The monoisotopic (exact) mass is 327 g/mol. The smallest absolute Gasteiger partial charge is 0.343 e. The third-order valence-electron chi connectivity index (χ3n) is 2.49. The van der Waals surface area contributed by atoms with E-state index in [9.17, 15) is 14.0 Å². The first-order valence-electron chi connectivity index (χ1n) is 6.96. The van der Waals surface area contributed by atoms with Crippen molar-refractivity contribution in [1.82, 2.24) is 0 Å². The van der Waals surface area contributed by atoms with E-state index in [1.807, 2.05) is 13.8 Å². The van der Waals surface area contributed by atoms with Crippen LogP contribution in [0.2, 0.25) is 0 Å². The molecule has 128 valence electrons. The van der Waals surface area contributed by atoms with Gasteiger partial charge in [0.1, 0.15) is 5.56 Å². The molecule has 1 aromatic carbocycles. The van der Waals surface area contributed by atoms with Gasteiger partial charge in [0.2, 0.25) is 0 Å². The normalized spacial score (nSPS) is 10.3. The molecule has 1 aromatic rings. The van der Waals surface area contributed by atoms with Crippen LogP contribution < -0.4 is 21.3 Å². The van der Waals surface area contributed by atoms with Crippen LogP contribution in [0.3, 0.4) is 0 Å². The number of rotatable bonds is 6. The molecule has 0 atom stereocenters. The van der Waals surface area contributed by atoms with Crippen molar-refractivity contribution in [3.63, 3.8) is 0 Å². The fourth-order valence-corrected chi connectivity index (χ4v) is 1.58. The van der Waals surface area contributed by atoms with Crippen molar-refractivity contribution in [3.8, 4) is 5.75 Å². The summed E-state index contributed by atoms with van der Waals surface area (Å²) < 4.78 is 23.9. The van der Waals surface area contributed by atoms with E-state index in [2.05, 4.69) is 0 Å². The van der Waals surface area contributed by atoms with Crippen molar-refractivity contribution >= 4 is 17.9 Å². The maximum atomic E-state index is 14.3. The number of carbonyl (C=O) groups excluding carboxylic acids is 2. The number of esters is 1. The van der Waals surface area contributed by atoms with Crippen molar-refractivity contribution in [1.29, 1.82) is 0 Å². The summed E-state index contributed by atoms with van der Waals surface area (Å²) in [7, 11) is 1.26. The number of benzene rings is 1. The predicted octanol–water partition coefficient (Wildman–Crippen LogP) is 1.72. The van der Waals surface area contributed by atoms with Gasteiger partial charge in [0.25, 0.3) is 0 Å². The third kappa shape index (κ3) is 5.26. The van der Waals surface area contributed by atoms with Crippen LogP contribution in [0.4, 0.5) is 10.1 Å². The second-order valence-electron chi connectivity index (χ2n) is 3.85. The van der Waals surface area contributed by atoms with Crippen molar-refractivity contribution < 1.29 is 23.5 Å². The summed E-state index contributed by atoms with van der Waals surface area (Å²) in [5, 5.41) is 0.860. The second kappa shape index (κ2) is 10.2. The zero-order valence-corrected chi connectivity index (χ0v) is 13.6. The lowest BCUT2D eigenvalue weighted by Crippen LogP contribution is -2.29. The molecule has 0 spiro atoms. The van der Waals surface area contributed by atoms with Crippen molar-refractivity contribution in [2.45, 2.75) is 20.8 Å². The number of aldehydes is 1. The van der Waals surface area contributed by atoms with Crippen molar-refractivity contribution in [3.05, 3.63) is 35.4 Å². The molecule has 0 bridgehead atoms. The zero-order valence-electron chi connectivity index (χ0n) is 13.6. The minimum absolute atomic E-state index is 0.0171. The van der Waals surface area contributed by atoms with Crippen LogP contribution in [0.15, 0.2) is 24.0 Å². The first-order valence-corrected chi connectivity index (χ1v) is 6.96. The molecule has 7 nitrogen and oxygen atoms in total. The van der Waals surface area contributed by atoms with E-state index in [4.69, 9.17) is 21.1 Å². The van der Waals surface area contributed by atoms with Crippen LogP contribution >= 0.6 is 0 Å². The molecule has 0 fully saturated rings. The second-order valence-corrected chi connectivity index (χ2v) is 3.85. The number of methoxy groups -OCH3 is 1. The van der Waals surface area contributed by atoms with Crippen LogP contribution in [0.25, 0.3) is 0 Å². The Morgan fingerprint density at radius 3 is 2.48 bits per heavy atom. The predicted molar refractivity (Wildman–Crippen MR) is 85.3 cm³/mol. The topological polar surface area (TPSA) is 108 Å². The van der Waals surface area contributed by atoms with Gasteiger partial charge in [0, 0.05) is 6.20 Å². The lowest BCUT2D eigenvalue weighted by Gasteiger charge is -2.19. The molecule has 0 heterocycles. The number of anilines is 1. The van der Waals surface area contributed by atoms with Gasteiger partial charge in [0.05, 0.1) is 25.1 Å². The fourth-order valence-electron chi connectivity index (χ4n) is 1.58. The summed E-state index contributed by atoms with van der Waals surface area (Å²) in [5.74, 6) is 3.71. The number of halogens is 1. The number of hydrogen-bond donors (Lipinski definition) is 2. The average Bonchev–Trinajstić information content (AvgIpc) is 2.56. The highest BCUT2D eigenvalue weighted by atomic mass is 19.1. The van der Waals surface area contributed by atoms with Crippen molar-refractivity contribution in [2.75, 3.05) is 18.7 Å². The molecule has 0 aliphatic carbocycles. The highest BCUT2D eigenvalue weighted by molar-refractivity contribution is 5.97. The molecule has 8 heteroatoms.